The van der Waals surface area contributed by atoms with Crippen molar-refractivity contribution in [2.45, 2.75) is 37.5 Å². The summed E-state index contributed by atoms with van der Waals surface area (Å²) in [5.74, 6) is 0.930. The number of nitrogens with zero attached hydrogens (tertiary/aromatic N) is 2. The summed E-state index contributed by atoms with van der Waals surface area (Å²) in [4.78, 5) is 0. The second-order valence-electron chi connectivity index (χ2n) is 5.16. The predicted octanol–water partition coefficient (Wildman–Crippen LogP) is 5.68. The van der Waals surface area contributed by atoms with Gasteiger partial charge in [-0.3, -0.25) is 0 Å². The number of aromatic nitrogens is 2. The average molecular weight is 374 g/mol. The van der Waals surface area contributed by atoms with E-state index >= 15 is 0 Å². The van der Waals surface area contributed by atoms with E-state index in [1.165, 1.54) is 25.7 Å². The van der Waals surface area contributed by atoms with Crippen LogP contribution >= 0.6 is 39.1 Å². The molecule has 106 valence electrons. The highest BCUT2D eigenvalue weighted by Crippen LogP contribution is 2.38. The van der Waals surface area contributed by atoms with Crippen LogP contribution in [0, 0.1) is 0 Å². The molecule has 0 radical (unpaired) electrons. The van der Waals surface area contributed by atoms with Crippen LogP contribution in [0.4, 0.5) is 0 Å². The van der Waals surface area contributed by atoms with Gasteiger partial charge in [0.05, 0.1) is 17.3 Å². The third kappa shape index (κ3) is 2.63. The molecule has 5 heteroatoms. The molecule has 0 spiro atoms. The van der Waals surface area contributed by atoms with E-state index < -0.39 is 0 Å². The first kappa shape index (κ1) is 14.4. The monoisotopic (exact) mass is 372 g/mol. The van der Waals surface area contributed by atoms with Gasteiger partial charge in [0, 0.05) is 16.0 Å². The third-order valence-corrected chi connectivity index (χ3v) is 5.08. The summed E-state index contributed by atoms with van der Waals surface area (Å²) in [6, 6.07) is 7.98. The number of halogens is 3. The average Bonchev–Trinajstić information content (AvgIpc) is 3.07. The van der Waals surface area contributed by atoms with Crippen molar-refractivity contribution in [3.8, 4) is 5.69 Å². The lowest BCUT2D eigenvalue weighted by Gasteiger charge is -2.06. The van der Waals surface area contributed by atoms with Gasteiger partial charge in [0.1, 0.15) is 5.15 Å². The zero-order valence-corrected chi connectivity index (χ0v) is 14.0. The number of hydrogen-bond donors (Lipinski definition) is 0. The van der Waals surface area contributed by atoms with Crippen LogP contribution < -0.4 is 0 Å². The Balaban J connectivity index is 2.05. The zero-order chi connectivity index (χ0) is 14.1. The van der Waals surface area contributed by atoms with E-state index in [1.807, 2.05) is 24.3 Å². The summed E-state index contributed by atoms with van der Waals surface area (Å²) in [5, 5.41) is 5.39. The summed E-state index contributed by atoms with van der Waals surface area (Å²) < 4.78 is 2.84. The van der Waals surface area contributed by atoms with Gasteiger partial charge in [0.25, 0.3) is 0 Å². The minimum atomic E-state index is 0.418. The van der Waals surface area contributed by atoms with Crippen molar-refractivity contribution in [2.24, 2.45) is 0 Å². The van der Waals surface area contributed by atoms with E-state index in [9.17, 15) is 0 Å². The third-order valence-electron chi connectivity index (χ3n) is 3.90. The van der Waals surface area contributed by atoms with Crippen molar-refractivity contribution in [1.29, 1.82) is 0 Å². The Kier molecular flexibility index (Phi) is 4.39. The van der Waals surface area contributed by atoms with Crippen LogP contribution in [0.2, 0.25) is 5.15 Å². The van der Waals surface area contributed by atoms with E-state index in [4.69, 9.17) is 28.3 Å². The molecular weight excluding hydrogens is 359 g/mol. The molecule has 1 aliphatic carbocycles. The van der Waals surface area contributed by atoms with E-state index in [0.717, 1.165) is 21.4 Å². The molecule has 3 rings (SSSR count). The number of benzene rings is 1. The van der Waals surface area contributed by atoms with Gasteiger partial charge in [-0.25, -0.2) is 4.68 Å². The summed E-state index contributed by atoms with van der Waals surface area (Å²) >= 11 is 16.0. The van der Waals surface area contributed by atoms with Crippen LogP contribution in [0.1, 0.15) is 42.9 Å². The number of alkyl halides is 1. The number of rotatable bonds is 3. The normalized spacial score (nSPS) is 15.9. The maximum atomic E-state index is 6.49. The van der Waals surface area contributed by atoms with Crippen molar-refractivity contribution < 1.29 is 0 Å². The molecule has 1 aliphatic rings. The molecule has 2 aromatic rings. The molecule has 1 heterocycles. The first-order chi connectivity index (χ1) is 9.70. The summed E-state index contributed by atoms with van der Waals surface area (Å²) in [7, 11) is 0. The quantitative estimate of drug-likeness (QED) is 0.632. The Morgan fingerprint density at radius 1 is 1.20 bits per heavy atom. The zero-order valence-electron chi connectivity index (χ0n) is 11.0. The smallest absolute Gasteiger partial charge is 0.137 e. The van der Waals surface area contributed by atoms with Crippen molar-refractivity contribution in [3.63, 3.8) is 0 Å². The van der Waals surface area contributed by atoms with Gasteiger partial charge in [-0.05, 0) is 37.1 Å². The second-order valence-corrected chi connectivity index (χ2v) is 6.70. The largest absolute Gasteiger partial charge is 0.222 e. The van der Waals surface area contributed by atoms with E-state index in [2.05, 4.69) is 15.9 Å². The lowest BCUT2D eigenvalue weighted by molar-refractivity contribution is 0.675. The van der Waals surface area contributed by atoms with E-state index in [1.54, 1.807) is 4.68 Å². The van der Waals surface area contributed by atoms with Gasteiger partial charge >= 0.3 is 0 Å². The summed E-state index contributed by atoms with van der Waals surface area (Å²) in [6.07, 6.45) is 4.93. The molecule has 0 saturated heterocycles. The molecule has 2 nitrogen and oxygen atoms in total. The van der Waals surface area contributed by atoms with Gasteiger partial charge in [-0.2, -0.15) is 5.10 Å². The summed E-state index contributed by atoms with van der Waals surface area (Å²) in [6.45, 7) is 0. The first-order valence-corrected chi connectivity index (χ1v) is 8.50. The van der Waals surface area contributed by atoms with Crippen LogP contribution in [0.5, 0.6) is 0 Å². The fourth-order valence-electron chi connectivity index (χ4n) is 2.85. The number of hydrogen-bond acceptors (Lipinski definition) is 1. The lowest BCUT2D eigenvalue weighted by atomic mass is 10.0. The Morgan fingerprint density at radius 2 is 1.85 bits per heavy atom. The van der Waals surface area contributed by atoms with Crippen LogP contribution in [-0.2, 0) is 5.88 Å². The van der Waals surface area contributed by atoms with Crippen molar-refractivity contribution in [3.05, 3.63) is 45.1 Å². The molecule has 0 unspecified atom stereocenters. The van der Waals surface area contributed by atoms with Crippen LogP contribution in [0.15, 0.2) is 28.7 Å². The highest BCUT2D eigenvalue weighted by molar-refractivity contribution is 9.10. The van der Waals surface area contributed by atoms with Crippen molar-refractivity contribution >= 4 is 39.1 Å². The highest BCUT2D eigenvalue weighted by Gasteiger charge is 2.26. The van der Waals surface area contributed by atoms with Crippen LogP contribution in [0.3, 0.4) is 0 Å². The lowest BCUT2D eigenvalue weighted by Crippen LogP contribution is -1.99. The second kappa shape index (κ2) is 6.08. The standard InChI is InChI=1S/C15H15BrCl2N2/c16-11-5-7-12(8-6-11)20-15(18)13(9-17)14(19-20)10-3-1-2-4-10/h5-8,10H,1-4,9H2. The fraction of sp³-hybridized carbons (Fsp3) is 0.400. The van der Waals surface area contributed by atoms with Gasteiger partial charge in [-0.15, -0.1) is 11.6 Å². The minimum Gasteiger partial charge on any atom is -0.222 e. The maximum absolute atomic E-state index is 6.49. The molecule has 0 bridgehead atoms. The highest BCUT2D eigenvalue weighted by atomic mass is 79.9. The molecule has 20 heavy (non-hydrogen) atoms. The Bertz CT molecular complexity index is 601. The Hall–Kier alpha value is -0.510. The molecule has 1 aromatic heterocycles. The van der Waals surface area contributed by atoms with Crippen LogP contribution in [0.25, 0.3) is 5.69 Å². The molecule has 1 saturated carbocycles. The summed E-state index contributed by atoms with van der Waals surface area (Å²) in [5.41, 5.74) is 3.04. The first-order valence-electron chi connectivity index (χ1n) is 6.80. The van der Waals surface area contributed by atoms with Gasteiger partial charge in [0.2, 0.25) is 0 Å². The molecule has 0 N–H and O–H groups in total. The predicted molar refractivity (Wildman–Crippen MR) is 87.0 cm³/mol. The Morgan fingerprint density at radius 3 is 2.45 bits per heavy atom. The van der Waals surface area contributed by atoms with Crippen molar-refractivity contribution in [1.82, 2.24) is 9.78 Å². The van der Waals surface area contributed by atoms with Gasteiger partial charge < -0.3 is 0 Å². The van der Waals surface area contributed by atoms with E-state index in [-0.39, 0.29) is 0 Å². The molecule has 0 atom stereocenters. The SMILES string of the molecule is ClCc1c(C2CCCC2)nn(-c2ccc(Br)cc2)c1Cl. The van der Waals surface area contributed by atoms with Crippen molar-refractivity contribution in [2.75, 3.05) is 0 Å². The maximum Gasteiger partial charge on any atom is 0.137 e. The topological polar surface area (TPSA) is 17.8 Å². The van der Waals surface area contributed by atoms with Crippen LogP contribution in [-0.4, -0.2) is 9.78 Å². The fourth-order valence-corrected chi connectivity index (χ4v) is 3.75. The molecule has 0 amide bonds. The molecule has 0 aliphatic heterocycles. The van der Waals surface area contributed by atoms with Gasteiger partial charge in [0.15, 0.2) is 0 Å². The van der Waals surface area contributed by atoms with Gasteiger partial charge in [-0.1, -0.05) is 40.4 Å². The van der Waals surface area contributed by atoms with E-state index in [0.29, 0.717) is 17.0 Å². The molecule has 1 fully saturated rings. The minimum absolute atomic E-state index is 0.418. The molecular formula is C15H15BrCl2N2. The molecule has 1 aromatic carbocycles. The Labute approximate surface area is 137 Å².